The zero-order valence-corrected chi connectivity index (χ0v) is 17.5. The van der Waals surface area contributed by atoms with Crippen LogP contribution in [0.15, 0.2) is 52.5 Å². The van der Waals surface area contributed by atoms with Gasteiger partial charge in [0.15, 0.2) is 0 Å². The Labute approximate surface area is 174 Å². The lowest BCUT2D eigenvalue weighted by Gasteiger charge is -2.15. The zero-order valence-electron chi connectivity index (χ0n) is 16.7. The highest BCUT2D eigenvalue weighted by Crippen LogP contribution is 2.22. The molecule has 1 saturated heterocycles. The van der Waals surface area contributed by atoms with Crippen molar-refractivity contribution >= 4 is 27.3 Å². The van der Waals surface area contributed by atoms with E-state index < -0.39 is 20.9 Å². The molecule has 0 bridgehead atoms. The van der Waals surface area contributed by atoms with E-state index in [0.29, 0.717) is 29.9 Å². The molecule has 0 aromatic heterocycles. The third kappa shape index (κ3) is 4.55. The van der Waals surface area contributed by atoms with Gasteiger partial charge in [-0.05, 0) is 44.9 Å². The number of nitro benzene ring substituents is 1. The predicted molar refractivity (Wildman–Crippen MR) is 112 cm³/mol. The molecule has 1 fully saturated rings. The number of benzene rings is 2. The molecule has 9 nitrogen and oxygen atoms in total. The Hall–Kier alpha value is -3.11. The molecule has 1 N–H and O–H groups in total. The van der Waals surface area contributed by atoms with E-state index >= 15 is 0 Å². The summed E-state index contributed by atoms with van der Waals surface area (Å²) in [5.74, 6) is -0.575. The van der Waals surface area contributed by atoms with Crippen LogP contribution < -0.4 is 5.43 Å². The number of nitro groups is 1. The maximum absolute atomic E-state index is 12.7. The first-order valence-corrected chi connectivity index (χ1v) is 10.8. The number of hydrogen-bond donors (Lipinski definition) is 1. The van der Waals surface area contributed by atoms with Crippen molar-refractivity contribution < 1.29 is 18.1 Å². The van der Waals surface area contributed by atoms with Crippen LogP contribution in [0.1, 0.15) is 41.3 Å². The van der Waals surface area contributed by atoms with Gasteiger partial charge in [0, 0.05) is 35.8 Å². The minimum atomic E-state index is -3.63. The van der Waals surface area contributed by atoms with Crippen molar-refractivity contribution in [3.05, 3.63) is 69.3 Å². The lowest BCUT2D eigenvalue weighted by Crippen LogP contribution is -2.28. The molecule has 158 valence electrons. The third-order valence-corrected chi connectivity index (χ3v) is 6.84. The van der Waals surface area contributed by atoms with E-state index in [1.807, 2.05) is 0 Å². The Bertz CT molecular complexity index is 1120. The molecule has 0 radical (unpaired) electrons. The third-order valence-electron chi connectivity index (χ3n) is 4.95. The maximum atomic E-state index is 12.7. The maximum Gasteiger partial charge on any atom is 0.272 e. The molecule has 0 saturated carbocycles. The summed E-state index contributed by atoms with van der Waals surface area (Å²) in [6, 6.07) is 10.5. The van der Waals surface area contributed by atoms with Crippen LogP contribution in [0.4, 0.5) is 5.69 Å². The van der Waals surface area contributed by atoms with Crippen LogP contribution in [-0.2, 0) is 10.0 Å². The Morgan fingerprint density at radius 1 is 1.13 bits per heavy atom. The molecule has 30 heavy (non-hydrogen) atoms. The summed E-state index contributed by atoms with van der Waals surface area (Å²) in [4.78, 5) is 23.2. The van der Waals surface area contributed by atoms with Gasteiger partial charge < -0.3 is 0 Å². The fourth-order valence-electron chi connectivity index (χ4n) is 3.17. The van der Waals surface area contributed by atoms with Crippen molar-refractivity contribution in [2.24, 2.45) is 5.10 Å². The average Bonchev–Trinajstić information content (AvgIpc) is 3.28. The monoisotopic (exact) mass is 430 g/mol. The summed E-state index contributed by atoms with van der Waals surface area (Å²) in [6.07, 6.45) is 1.65. The smallest absolute Gasteiger partial charge is 0.267 e. The number of nitrogens with zero attached hydrogens (tertiary/aromatic N) is 3. The van der Waals surface area contributed by atoms with Gasteiger partial charge in [0.05, 0.1) is 15.5 Å². The summed E-state index contributed by atoms with van der Waals surface area (Å²) in [6.45, 7) is 4.21. The quantitative estimate of drug-likeness (QED) is 0.429. The van der Waals surface area contributed by atoms with Gasteiger partial charge in [0.2, 0.25) is 10.0 Å². The van der Waals surface area contributed by atoms with Crippen molar-refractivity contribution in [2.45, 2.75) is 31.6 Å². The number of hydrogen-bond acceptors (Lipinski definition) is 6. The normalized spacial score (nSPS) is 15.2. The number of carbonyl (C=O) groups excluding carboxylic acids is 1. The Morgan fingerprint density at radius 3 is 2.50 bits per heavy atom. The highest BCUT2D eigenvalue weighted by atomic mass is 32.2. The van der Waals surface area contributed by atoms with Crippen LogP contribution in [0.2, 0.25) is 0 Å². The molecule has 1 aliphatic rings. The Kier molecular flexibility index (Phi) is 6.28. The van der Waals surface area contributed by atoms with Gasteiger partial charge in [0.1, 0.15) is 0 Å². The van der Waals surface area contributed by atoms with E-state index in [1.165, 1.54) is 34.6 Å². The highest BCUT2D eigenvalue weighted by molar-refractivity contribution is 7.89. The largest absolute Gasteiger partial charge is 0.272 e. The molecule has 0 spiro atoms. The predicted octanol–water partition coefficient (Wildman–Crippen LogP) is 2.84. The first kappa shape index (κ1) is 21.6. The molecule has 1 amide bonds. The van der Waals surface area contributed by atoms with Gasteiger partial charge in [-0.25, -0.2) is 13.8 Å². The lowest BCUT2D eigenvalue weighted by molar-refractivity contribution is -0.385. The van der Waals surface area contributed by atoms with E-state index in [0.717, 1.165) is 12.8 Å². The molecule has 1 aliphatic heterocycles. The number of sulfonamides is 1. The Balaban J connectivity index is 1.78. The second-order valence-electron chi connectivity index (χ2n) is 7.04. The van der Waals surface area contributed by atoms with Crippen molar-refractivity contribution in [1.29, 1.82) is 0 Å². The van der Waals surface area contributed by atoms with Crippen molar-refractivity contribution in [1.82, 2.24) is 9.73 Å². The molecule has 10 heteroatoms. The van der Waals surface area contributed by atoms with Crippen LogP contribution in [0.3, 0.4) is 0 Å². The lowest BCUT2D eigenvalue weighted by atomic mass is 10.1. The first-order chi connectivity index (χ1) is 14.2. The SMILES string of the molecule is C/C(=N\NC(=O)c1cccc(S(=O)(=O)N2CCCC2)c1)c1ccc(C)c([N+](=O)[O-])c1. The second-order valence-corrected chi connectivity index (χ2v) is 8.97. The van der Waals surface area contributed by atoms with Crippen molar-refractivity contribution in [3.63, 3.8) is 0 Å². The minimum absolute atomic E-state index is 0.0341. The average molecular weight is 430 g/mol. The van der Waals surface area contributed by atoms with Gasteiger partial charge in [-0.15, -0.1) is 0 Å². The molecule has 0 atom stereocenters. The molecule has 2 aromatic rings. The number of carbonyl (C=O) groups is 1. The van der Waals surface area contributed by atoms with Crippen LogP contribution in [0.25, 0.3) is 0 Å². The van der Waals surface area contributed by atoms with Crippen LogP contribution in [0.5, 0.6) is 0 Å². The van der Waals surface area contributed by atoms with E-state index in [9.17, 15) is 23.3 Å². The van der Waals surface area contributed by atoms with Gasteiger partial charge in [-0.3, -0.25) is 14.9 Å². The molecular formula is C20H22N4O5S. The molecule has 0 aliphatic carbocycles. The van der Waals surface area contributed by atoms with Crippen molar-refractivity contribution in [3.8, 4) is 0 Å². The summed E-state index contributed by atoms with van der Waals surface area (Å²) in [5.41, 5.74) is 3.90. The molecule has 1 heterocycles. The number of rotatable bonds is 6. The van der Waals surface area contributed by atoms with E-state index in [4.69, 9.17) is 0 Å². The fourth-order valence-corrected chi connectivity index (χ4v) is 4.73. The van der Waals surface area contributed by atoms with Gasteiger partial charge in [-0.2, -0.15) is 9.41 Å². The van der Waals surface area contributed by atoms with E-state index in [2.05, 4.69) is 10.5 Å². The molecule has 2 aromatic carbocycles. The molecule has 3 rings (SSSR count). The summed E-state index contributed by atoms with van der Waals surface area (Å²) in [5, 5.41) is 15.1. The van der Waals surface area contributed by atoms with Crippen LogP contribution >= 0.6 is 0 Å². The first-order valence-electron chi connectivity index (χ1n) is 9.40. The highest BCUT2D eigenvalue weighted by Gasteiger charge is 2.27. The van der Waals surface area contributed by atoms with E-state index in [1.54, 1.807) is 26.0 Å². The standard InChI is InChI=1S/C20H22N4O5S/c1-14-8-9-16(13-19(14)24(26)27)15(2)21-22-20(25)17-6-5-7-18(12-17)30(28,29)23-10-3-4-11-23/h5-9,12-13H,3-4,10-11H2,1-2H3,(H,22,25)/b21-15+. The second kappa shape index (κ2) is 8.72. The van der Waals surface area contributed by atoms with E-state index in [-0.39, 0.29) is 16.1 Å². The summed E-state index contributed by atoms with van der Waals surface area (Å²) < 4.78 is 26.8. The van der Waals surface area contributed by atoms with Gasteiger partial charge in [-0.1, -0.05) is 18.2 Å². The number of amides is 1. The fraction of sp³-hybridized carbons (Fsp3) is 0.300. The number of hydrazone groups is 1. The zero-order chi connectivity index (χ0) is 21.9. The summed E-state index contributed by atoms with van der Waals surface area (Å²) >= 11 is 0. The minimum Gasteiger partial charge on any atom is -0.267 e. The number of aryl methyl sites for hydroxylation is 1. The molecule has 0 unspecified atom stereocenters. The van der Waals surface area contributed by atoms with Gasteiger partial charge >= 0.3 is 0 Å². The molecular weight excluding hydrogens is 408 g/mol. The number of nitrogens with one attached hydrogen (secondary N) is 1. The summed E-state index contributed by atoms with van der Waals surface area (Å²) in [7, 11) is -3.63. The topological polar surface area (TPSA) is 122 Å². The Morgan fingerprint density at radius 2 is 1.83 bits per heavy atom. The van der Waals surface area contributed by atoms with Crippen LogP contribution in [-0.4, -0.2) is 42.4 Å². The van der Waals surface area contributed by atoms with Gasteiger partial charge in [0.25, 0.3) is 11.6 Å². The van der Waals surface area contributed by atoms with Crippen LogP contribution in [0, 0.1) is 17.0 Å². The van der Waals surface area contributed by atoms with Crippen molar-refractivity contribution in [2.75, 3.05) is 13.1 Å².